The Kier molecular flexibility index (Phi) is 6.89. The molecule has 4 rings (SSSR count). The molecule has 0 amide bonds. The summed E-state index contributed by atoms with van der Waals surface area (Å²) in [6.07, 6.45) is 0. The molecule has 7 heteroatoms. The average molecular weight is 468 g/mol. The fourth-order valence-corrected chi connectivity index (χ4v) is 3.85. The predicted molar refractivity (Wildman–Crippen MR) is 135 cm³/mol. The van der Waals surface area contributed by atoms with E-state index in [4.69, 9.17) is 5.73 Å². The highest BCUT2D eigenvalue weighted by Gasteiger charge is 2.19. The van der Waals surface area contributed by atoms with Crippen LogP contribution in [-0.4, -0.2) is 21.4 Å². The molecule has 0 aliphatic rings. The number of rotatable bonds is 8. The number of carbonyl (C=O) groups excluding carboxylic acids is 1. The molecule has 4 N–H and O–H groups in total. The molecule has 0 aliphatic heterocycles. The summed E-state index contributed by atoms with van der Waals surface area (Å²) in [7, 11) is 0. The van der Waals surface area contributed by atoms with Gasteiger partial charge in [-0.25, -0.2) is 0 Å². The van der Waals surface area contributed by atoms with Gasteiger partial charge in [0.15, 0.2) is 5.78 Å². The minimum absolute atomic E-state index is 0.0592. The van der Waals surface area contributed by atoms with Crippen molar-refractivity contribution in [2.75, 3.05) is 5.73 Å². The van der Waals surface area contributed by atoms with Crippen molar-refractivity contribution in [1.82, 2.24) is 9.88 Å². The first kappa shape index (κ1) is 23.7. The van der Waals surface area contributed by atoms with E-state index in [1.807, 2.05) is 25.1 Å². The van der Waals surface area contributed by atoms with Crippen molar-refractivity contribution in [2.45, 2.75) is 19.5 Å². The smallest absolute Gasteiger partial charge is 0.325 e. The van der Waals surface area contributed by atoms with E-state index in [0.717, 1.165) is 11.1 Å². The quantitative estimate of drug-likeness (QED) is 0.339. The third-order valence-corrected chi connectivity index (χ3v) is 5.77. The van der Waals surface area contributed by atoms with Crippen molar-refractivity contribution >= 4 is 17.6 Å². The van der Waals surface area contributed by atoms with Crippen LogP contribution in [0.5, 0.6) is 0 Å². The number of nitrogens with zero attached hydrogens (tertiary/aromatic N) is 1. The van der Waals surface area contributed by atoms with E-state index in [0.29, 0.717) is 23.4 Å². The summed E-state index contributed by atoms with van der Waals surface area (Å²) < 4.78 is 1.29. The molecule has 0 radical (unpaired) electrons. The van der Waals surface area contributed by atoms with Crippen LogP contribution in [0.2, 0.25) is 0 Å². The number of hydrogen-bond acceptors (Lipinski definition) is 5. The van der Waals surface area contributed by atoms with E-state index < -0.39 is 12.0 Å². The summed E-state index contributed by atoms with van der Waals surface area (Å²) in [4.78, 5) is 37.3. The molecule has 0 fully saturated rings. The molecule has 1 atom stereocenters. The Morgan fingerprint density at radius 2 is 1.57 bits per heavy atom. The van der Waals surface area contributed by atoms with E-state index in [1.165, 1.54) is 16.7 Å². The number of aromatic nitrogens is 1. The second-order valence-corrected chi connectivity index (χ2v) is 8.23. The van der Waals surface area contributed by atoms with Crippen LogP contribution >= 0.6 is 0 Å². The average Bonchev–Trinajstić information content (AvgIpc) is 2.86. The van der Waals surface area contributed by atoms with Gasteiger partial charge in [-0.15, -0.1) is 0 Å². The highest BCUT2D eigenvalue weighted by Crippen LogP contribution is 2.20. The summed E-state index contributed by atoms with van der Waals surface area (Å²) >= 11 is 0. The zero-order valence-electron chi connectivity index (χ0n) is 19.1. The number of carboxylic acid groups (broad SMARTS) is 1. The van der Waals surface area contributed by atoms with Gasteiger partial charge in [-0.3, -0.25) is 24.3 Å². The topological polar surface area (TPSA) is 114 Å². The zero-order chi connectivity index (χ0) is 24.9. The summed E-state index contributed by atoms with van der Waals surface area (Å²) in [5, 5.41) is 12.6. The molecule has 0 saturated heterocycles. The highest BCUT2D eigenvalue weighted by molar-refractivity contribution is 6.11. The summed E-state index contributed by atoms with van der Waals surface area (Å²) in [5.74, 6) is -1.18. The molecule has 0 unspecified atom stereocenters. The van der Waals surface area contributed by atoms with Crippen molar-refractivity contribution in [2.24, 2.45) is 0 Å². The number of aryl methyl sites for hydroxylation is 1. The number of anilines is 1. The number of nitrogens with two attached hydrogens (primary N) is 1. The van der Waals surface area contributed by atoms with Crippen molar-refractivity contribution < 1.29 is 14.7 Å². The molecule has 3 aromatic carbocycles. The number of aliphatic carboxylic acids is 1. The number of carboxylic acids is 1. The van der Waals surface area contributed by atoms with Crippen LogP contribution in [-0.2, 0) is 11.3 Å². The Hall–Kier alpha value is -4.49. The first-order valence-electron chi connectivity index (χ1n) is 11.1. The van der Waals surface area contributed by atoms with Gasteiger partial charge in [0.1, 0.15) is 11.9 Å². The first-order chi connectivity index (χ1) is 16.8. The summed E-state index contributed by atoms with van der Waals surface area (Å²) in [6, 6.07) is 25.0. The van der Waals surface area contributed by atoms with Crippen molar-refractivity contribution in [3.63, 3.8) is 0 Å². The van der Waals surface area contributed by atoms with Crippen LogP contribution in [0.25, 0.3) is 5.69 Å². The number of pyridine rings is 1. The minimum Gasteiger partial charge on any atom is -0.480 e. The van der Waals surface area contributed by atoms with E-state index in [-0.39, 0.29) is 22.7 Å². The molecule has 0 bridgehead atoms. The standard InChI is InChI=1S/C28H25N3O4/c1-18-7-11-21(12-8-18)26(33)23-15-16-24(32)31(27(23)29)22-13-9-19(10-14-22)17-30-25(28(34)35)20-5-3-2-4-6-20/h2-16,25,30H,17,29H2,1H3,(H,34,35)/t25-/m0/s1. The second-order valence-electron chi connectivity index (χ2n) is 8.23. The van der Waals surface area contributed by atoms with Gasteiger partial charge >= 0.3 is 5.97 Å². The molecule has 1 heterocycles. The minimum atomic E-state index is -0.970. The second kappa shape index (κ2) is 10.2. The van der Waals surface area contributed by atoms with Gasteiger partial charge in [-0.05, 0) is 36.2 Å². The Balaban J connectivity index is 1.56. The van der Waals surface area contributed by atoms with Crippen LogP contribution in [0.4, 0.5) is 5.82 Å². The Bertz CT molecular complexity index is 1410. The first-order valence-corrected chi connectivity index (χ1v) is 11.1. The van der Waals surface area contributed by atoms with Gasteiger partial charge in [-0.2, -0.15) is 0 Å². The van der Waals surface area contributed by atoms with E-state index in [9.17, 15) is 19.5 Å². The third-order valence-electron chi connectivity index (χ3n) is 5.77. The molecule has 0 saturated carbocycles. The molecule has 0 spiro atoms. The molecule has 4 aromatic rings. The number of hydrogen-bond donors (Lipinski definition) is 3. The highest BCUT2D eigenvalue weighted by atomic mass is 16.4. The Morgan fingerprint density at radius 1 is 0.914 bits per heavy atom. The Morgan fingerprint density at radius 3 is 2.20 bits per heavy atom. The fourth-order valence-electron chi connectivity index (χ4n) is 3.85. The van der Waals surface area contributed by atoms with Crippen LogP contribution in [0.3, 0.4) is 0 Å². The lowest BCUT2D eigenvalue weighted by molar-refractivity contribution is -0.139. The number of benzene rings is 3. The summed E-state index contributed by atoms with van der Waals surface area (Å²) in [5.41, 5.74) is 9.68. The van der Waals surface area contributed by atoms with Gasteiger partial charge < -0.3 is 10.8 Å². The number of carbonyl (C=O) groups is 2. The maximum Gasteiger partial charge on any atom is 0.325 e. The largest absolute Gasteiger partial charge is 0.480 e. The number of ketones is 1. The van der Waals surface area contributed by atoms with Crippen LogP contribution in [0.1, 0.15) is 38.7 Å². The lowest BCUT2D eigenvalue weighted by Gasteiger charge is -2.16. The Labute approximate surface area is 202 Å². The van der Waals surface area contributed by atoms with Gasteiger partial charge in [0.2, 0.25) is 0 Å². The zero-order valence-corrected chi connectivity index (χ0v) is 19.1. The van der Waals surface area contributed by atoms with Gasteiger partial charge in [0, 0.05) is 18.2 Å². The fraction of sp³-hybridized carbons (Fsp3) is 0.107. The maximum absolute atomic E-state index is 13.0. The van der Waals surface area contributed by atoms with Crippen LogP contribution < -0.4 is 16.6 Å². The molecule has 7 nitrogen and oxygen atoms in total. The summed E-state index contributed by atoms with van der Waals surface area (Å²) in [6.45, 7) is 2.24. The SMILES string of the molecule is Cc1ccc(C(=O)c2ccc(=O)n(-c3ccc(CN[C@H](C(=O)O)c4ccccc4)cc3)c2N)cc1. The molecule has 176 valence electrons. The van der Waals surface area contributed by atoms with Crippen molar-refractivity contribution in [3.8, 4) is 5.69 Å². The lowest BCUT2D eigenvalue weighted by Crippen LogP contribution is -2.28. The number of nitrogens with one attached hydrogen (secondary N) is 1. The third kappa shape index (κ3) is 5.20. The van der Waals surface area contributed by atoms with Crippen molar-refractivity contribution in [1.29, 1.82) is 0 Å². The van der Waals surface area contributed by atoms with Gasteiger partial charge in [0.05, 0.1) is 11.3 Å². The van der Waals surface area contributed by atoms with E-state index in [1.54, 1.807) is 60.7 Å². The molecular formula is C28H25N3O4. The molecule has 35 heavy (non-hydrogen) atoms. The van der Waals surface area contributed by atoms with Gasteiger partial charge in [0.25, 0.3) is 5.56 Å². The lowest BCUT2D eigenvalue weighted by atomic mass is 10.0. The normalized spacial score (nSPS) is 11.7. The maximum atomic E-state index is 13.0. The molecular weight excluding hydrogens is 442 g/mol. The molecule has 0 aliphatic carbocycles. The number of nitrogen functional groups attached to an aromatic ring is 1. The van der Waals surface area contributed by atoms with Crippen molar-refractivity contribution in [3.05, 3.63) is 129 Å². The van der Waals surface area contributed by atoms with Gasteiger partial charge in [-0.1, -0.05) is 72.3 Å². The van der Waals surface area contributed by atoms with Crippen LogP contribution in [0, 0.1) is 6.92 Å². The van der Waals surface area contributed by atoms with Crippen LogP contribution in [0.15, 0.2) is 95.8 Å². The molecule has 1 aromatic heterocycles. The monoisotopic (exact) mass is 467 g/mol. The van der Waals surface area contributed by atoms with E-state index >= 15 is 0 Å². The van der Waals surface area contributed by atoms with E-state index in [2.05, 4.69) is 5.32 Å². The predicted octanol–water partition coefficient (Wildman–Crippen LogP) is 3.87.